The molecule has 288 valence electrons. The smallest absolute Gasteiger partial charge is 0.262 e. The molecule has 0 saturated carbocycles. The Labute approximate surface area is 323 Å². The van der Waals surface area contributed by atoms with Crippen molar-refractivity contribution in [3.05, 3.63) is 88.4 Å². The zero-order valence-corrected chi connectivity index (χ0v) is 33.4. The molecular formula is C41H51N5O6S2. The molecule has 13 heteroatoms. The molecule has 0 bridgehead atoms. The van der Waals surface area contributed by atoms with Crippen LogP contribution in [0.4, 0.5) is 0 Å². The Kier molecular flexibility index (Phi) is 13.6. The summed E-state index contributed by atoms with van der Waals surface area (Å²) in [5.74, 6) is -0.602. The van der Waals surface area contributed by atoms with Crippen molar-refractivity contribution in [1.29, 1.82) is 0 Å². The maximum atomic E-state index is 13.9. The summed E-state index contributed by atoms with van der Waals surface area (Å²) < 4.78 is 31.2. The van der Waals surface area contributed by atoms with Gasteiger partial charge in [0.05, 0.1) is 23.7 Å². The van der Waals surface area contributed by atoms with E-state index in [0.717, 1.165) is 45.6 Å². The van der Waals surface area contributed by atoms with Crippen LogP contribution in [-0.2, 0) is 31.4 Å². The third-order valence-electron chi connectivity index (χ3n) is 9.34. The van der Waals surface area contributed by atoms with Gasteiger partial charge in [0.2, 0.25) is 21.8 Å². The fourth-order valence-corrected chi connectivity index (χ4v) is 7.74. The number of carbonyl (C=O) groups excluding carboxylic acids is 3. The Morgan fingerprint density at radius 1 is 0.907 bits per heavy atom. The zero-order chi connectivity index (χ0) is 38.9. The van der Waals surface area contributed by atoms with Gasteiger partial charge in [-0.2, -0.15) is 0 Å². The third-order valence-corrected chi connectivity index (χ3v) is 11.4. The van der Waals surface area contributed by atoms with E-state index in [2.05, 4.69) is 43.0 Å². The Balaban J connectivity index is 1.25. The fourth-order valence-electron chi connectivity index (χ4n) is 6.24. The molecule has 3 heterocycles. The van der Waals surface area contributed by atoms with E-state index in [1.54, 1.807) is 18.5 Å². The van der Waals surface area contributed by atoms with Crippen LogP contribution in [0, 0.1) is 5.92 Å². The zero-order valence-electron chi connectivity index (χ0n) is 31.8. The third kappa shape index (κ3) is 11.4. The summed E-state index contributed by atoms with van der Waals surface area (Å²) >= 11 is 1.39. The molecule has 0 aliphatic carbocycles. The van der Waals surface area contributed by atoms with Gasteiger partial charge in [-0.25, -0.2) is 18.4 Å². The van der Waals surface area contributed by atoms with Gasteiger partial charge in [-0.05, 0) is 53.6 Å². The molecule has 0 unspecified atom stereocenters. The van der Waals surface area contributed by atoms with Gasteiger partial charge < -0.3 is 15.0 Å². The topological polar surface area (TPSA) is 148 Å². The number of sulfonamides is 1. The van der Waals surface area contributed by atoms with E-state index in [-0.39, 0.29) is 36.7 Å². The van der Waals surface area contributed by atoms with Gasteiger partial charge in [0.1, 0.15) is 11.8 Å². The van der Waals surface area contributed by atoms with Crippen molar-refractivity contribution in [2.75, 3.05) is 26.0 Å². The average molecular weight is 774 g/mol. The first kappa shape index (κ1) is 40.6. The average Bonchev–Trinajstić information content (AvgIpc) is 3.85. The SMILES string of the molecule is CCCCCCCOc1ccc(-c2cnc(-c3ccc(C[C@H](NC(=O)c4ccc(C(C)(C)C)s4)C(=O)N4CC[C@H](C(=O)NS(C)(=O)=O)C4)cc3)nc2)cc1. The van der Waals surface area contributed by atoms with E-state index < -0.39 is 27.9 Å². The number of unbranched alkanes of at least 4 members (excludes halogenated alkanes) is 4. The lowest BCUT2D eigenvalue weighted by Gasteiger charge is -2.24. The number of rotatable bonds is 16. The lowest BCUT2D eigenvalue weighted by molar-refractivity contribution is -0.132. The number of nitrogens with zero attached hydrogens (tertiary/aromatic N) is 3. The molecule has 5 rings (SSSR count). The van der Waals surface area contributed by atoms with E-state index in [1.807, 2.05) is 59.3 Å². The van der Waals surface area contributed by atoms with Crippen LogP contribution in [0.2, 0.25) is 0 Å². The van der Waals surface area contributed by atoms with Gasteiger partial charge in [0.15, 0.2) is 5.82 Å². The molecule has 4 aromatic rings. The quantitative estimate of drug-likeness (QED) is 0.119. The van der Waals surface area contributed by atoms with Crippen molar-refractivity contribution >= 4 is 39.1 Å². The Bertz CT molecular complexity index is 1990. The first-order valence-corrected chi connectivity index (χ1v) is 21.3. The number of thiophene rings is 1. The van der Waals surface area contributed by atoms with Gasteiger partial charge in [0, 0.05) is 47.9 Å². The summed E-state index contributed by atoms with van der Waals surface area (Å²) in [5, 5.41) is 2.95. The molecule has 0 spiro atoms. The summed E-state index contributed by atoms with van der Waals surface area (Å²) in [4.78, 5) is 52.2. The minimum Gasteiger partial charge on any atom is -0.494 e. The number of hydrogen-bond donors (Lipinski definition) is 2. The van der Waals surface area contributed by atoms with Crippen LogP contribution in [0.5, 0.6) is 5.75 Å². The van der Waals surface area contributed by atoms with Crippen molar-refractivity contribution in [3.63, 3.8) is 0 Å². The molecule has 1 fully saturated rings. The Hall–Kier alpha value is -4.62. The van der Waals surface area contributed by atoms with E-state index >= 15 is 0 Å². The van der Waals surface area contributed by atoms with Crippen LogP contribution in [0.1, 0.15) is 86.3 Å². The monoisotopic (exact) mass is 773 g/mol. The van der Waals surface area contributed by atoms with Crippen LogP contribution in [-0.4, -0.2) is 73.0 Å². The highest BCUT2D eigenvalue weighted by Crippen LogP contribution is 2.30. The highest BCUT2D eigenvalue weighted by atomic mass is 32.2. The van der Waals surface area contributed by atoms with Crippen LogP contribution >= 0.6 is 11.3 Å². The van der Waals surface area contributed by atoms with Crippen LogP contribution in [0.25, 0.3) is 22.5 Å². The number of hydrogen-bond acceptors (Lipinski definition) is 9. The van der Waals surface area contributed by atoms with Crippen LogP contribution in [0.3, 0.4) is 0 Å². The second-order valence-corrected chi connectivity index (χ2v) is 17.8. The van der Waals surface area contributed by atoms with Crippen molar-refractivity contribution in [2.24, 2.45) is 5.92 Å². The van der Waals surface area contributed by atoms with E-state index in [0.29, 0.717) is 23.7 Å². The second-order valence-electron chi connectivity index (χ2n) is 14.9. The van der Waals surface area contributed by atoms with Crippen molar-refractivity contribution in [3.8, 4) is 28.3 Å². The summed E-state index contributed by atoms with van der Waals surface area (Å²) in [6.45, 7) is 9.48. The number of nitrogens with one attached hydrogen (secondary N) is 2. The number of carbonyl (C=O) groups is 3. The first-order valence-electron chi connectivity index (χ1n) is 18.6. The molecule has 2 aromatic carbocycles. The summed E-state index contributed by atoms with van der Waals surface area (Å²) in [6.07, 6.45) is 11.0. The molecule has 1 aliphatic rings. The summed E-state index contributed by atoms with van der Waals surface area (Å²) in [5.41, 5.74) is 3.35. The highest BCUT2D eigenvalue weighted by molar-refractivity contribution is 7.89. The molecule has 1 aliphatic heterocycles. The number of likely N-dealkylation sites (tertiary alicyclic amines) is 1. The summed E-state index contributed by atoms with van der Waals surface area (Å²) in [6, 6.07) is 18.3. The first-order chi connectivity index (χ1) is 25.7. The van der Waals surface area contributed by atoms with Gasteiger partial charge in [-0.1, -0.05) is 89.8 Å². The van der Waals surface area contributed by atoms with E-state index in [9.17, 15) is 22.8 Å². The van der Waals surface area contributed by atoms with Crippen LogP contribution in [0.15, 0.2) is 73.1 Å². The Morgan fingerprint density at radius 2 is 1.57 bits per heavy atom. The largest absolute Gasteiger partial charge is 0.494 e. The molecule has 54 heavy (non-hydrogen) atoms. The maximum Gasteiger partial charge on any atom is 0.262 e. The normalized spacial score (nSPS) is 15.1. The van der Waals surface area contributed by atoms with Gasteiger partial charge in [0.25, 0.3) is 5.91 Å². The Morgan fingerprint density at radius 3 is 2.20 bits per heavy atom. The predicted octanol–water partition coefficient (Wildman–Crippen LogP) is 6.78. The molecular weight excluding hydrogens is 723 g/mol. The maximum absolute atomic E-state index is 13.9. The molecule has 2 atom stereocenters. The van der Waals surface area contributed by atoms with Crippen molar-refractivity contribution in [1.82, 2.24) is 24.9 Å². The molecule has 1 saturated heterocycles. The molecule has 3 amide bonds. The molecule has 2 N–H and O–H groups in total. The lowest BCUT2D eigenvalue weighted by Crippen LogP contribution is -2.49. The minimum atomic E-state index is -3.73. The predicted molar refractivity (Wildman–Crippen MR) is 213 cm³/mol. The van der Waals surface area contributed by atoms with Crippen molar-refractivity contribution in [2.45, 2.75) is 84.1 Å². The van der Waals surface area contributed by atoms with Crippen LogP contribution < -0.4 is 14.8 Å². The number of ether oxygens (including phenoxy) is 1. The van der Waals surface area contributed by atoms with Gasteiger partial charge >= 0.3 is 0 Å². The van der Waals surface area contributed by atoms with Gasteiger partial charge in [-0.15, -0.1) is 11.3 Å². The molecule has 2 aromatic heterocycles. The molecule has 0 radical (unpaired) electrons. The lowest BCUT2D eigenvalue weighted by atomic mass is 9.95. The molecule has 11 nitrogen and oxygen atoms in total. The fraction of sp³-hybridized carbons (Fsp3) is 0.439. The number of benzene rings is 2. The minimum absolute atomic E-state index is 0.0586. The highest BCUT2D eigenvalue weighted by Gasteiger charge is 2.36. The summed E-state index contributed by atoms with van der Waals surface area (Å²) in [7, 11) is -3.73. The second kappa shape index (κ2) is 18.1. The van der Waals surface area contributed by atoms with E-state index in [4.69, 9.17) is 4.74 Å². The van der Waals surface area contributed by atoms with Gasteiger partial charge in [-0.3, -0.25) is 19.1 Å². The standard InChI is InChI=1S/C41H51N5O6S2/c1-6-7-8-9-10-23-52-33-17-15-29(16-18-33)32-25-42-37(43-26-32)30-13-11-28(12-14-30)24-34(44-39(48)35-19-20-36(53-35)41(2,3)4)40(49)46-22-21-31(27-46)38(47)45-54(5,50)51/h11-20,25-26,31,34H,6-10,21-24,27H2,1-5H3,(H,44,48)(H,45,47)/t31-,34-/m0/s1. The van der Waals surface area contributed by atoms with Crippen molar-refractivity contribution < 1.29 is 27.5 Å². The number of amides is 3. The van der Waals surface area contributed by atoms with E-state index in [1.165, 1.54) is 41.9 Å². The number of aromatic nitrogens is 2.